The van der Waals surface area contributed by atoms with Crippen LogP contribution in [0.5, 0.6) is 17.2 Å². The number of para-hydroxylation sites is 2. The van der Waals surface area contributed by atoms with Crippen LogP contribution >= 0.6 is 0 Å². The van der Waals surface area contributed by atoms with Gasteiger partial charge in [0.15, 0.2) is 17.4 Å². The molecule has 2 heterocycles. The molecule has 0 fully saturated rings. The van der Waals surface area contributed by atoms with Crippen molar-refractivity contribution in [2.45, 2.75) is 33.2 Å². The van der Waals surface area contributed by atoms with E-state index in [4.69, 9.17) is 23.9 Å². The van der Waals surface area contributed by atoms with E-state index in [9.17, 15) is 9.59 Å². The topological polar surface area (TPSA) is 92.1 Å². The van der Waals surface area contributed by atoms with Crippen molar-refractivity contribution in [1.82, 2.24) is 9.55 Å². The molecule has 0 radical (unpaired) electrons. The lowest BCUT2D eigenvalue weighted by atomic mass is 9.88. The van der Waals surface area contributed by atoms with Crippen LogP contribution in [-0.4, -0.2) is 55.9 Å². The van der Waals surface area contributed by atoms with E-state index in [-0.39, 0.29) is 12.5 Å². The van der Waals surface area contributed by atoms with Gasteiger partial charge in [-0.1, -0.05) is 26.0 Å². The summed E-state index contributed by atoms with van der Waals surface area (Å²) >= 11 is 0. The van der Waals surface area contributed by atoms with Gasteiger partial charge in [0.25, 0.3) is 0 Å². The third-order valence-corrected chi connectivity index (χ3v) is 6.47. The maximum atomic E-state index is 14.0. The number of aromatic nitrogens is 2. The Kier molecular flexibility index (Phi) is 7.37. The summed E-state index contributed by atoms with van der Waals surface area (Å²) < 4.78 is 24.1. The zero-order valence-corrected chi connectivity index (χ0v) is 21.6. The van der Waals surface area contributed by atoms with Crippen molar-refractivity contribution in [3.63, 3.8) is 0 Å². The van der Waals surface area contributed by atoms with E-state index in [1.54, 1.807) is 24.0 Å². The van der Waals surface area contributed by atoms with Crippen LogP contribution in [0.25, 0.3) is 11.0 Å². The number of imidazole rings is 1. The molecule has 0 N–H and O–H groups in total. The number of anilines is 1. The summed E-state index contributed by atoms with van der Waals surface area (Å²) in [7, 11) is 4.61. The number of ether oxygens (including phenoxy) is 4. The molecular formula is C27H33N3O6. The number of carbonyl (C=O) groups excluding carboxylic acids is 2. The number of rotatable bonds is 9. The largest absolute Gasteiger partial charge is 0.496 e. The van der Waals surface area contributed by atoms with Crippen LogP contribution in [0, 0.1) is 11.8 Å². The molecule has 36 heavy (non-hydrogen) atoms. The minimum atomic E-state index is -1.14. The van der Waals surface area contributed by atoms with E-state index in [2.05, 4.69) is 13.8 Å². The highest BCUT2D eigenvalue weighted by Gasteiger charge is 2.49. The molecular weight excluding hydrogens is 462 g/mol. The van der Waals surface area contributed by atoms with Crippen LogP contribution in [-0.2, 0) is 14.3 Å². The Morgan fingerprint density at radius 3 is 2.33 bits per heavy atom. The maximum Gasteiger partial charge on any atom is 0.321 e. The summed E-state index contributed by atoms with van der Waals surface area (Å²) in [4.78, 5) is 33.9. The van der Waals surface area contributed by atoms with Gasteiger partial charge in [0, 0.05) is 18.2 Å². The van der Waals surface area contributed by atoms with Gasteiger partial charge in [0.1, 0.15) is 5.75 Å². The van der Waals surface area contributed by atoms with Gasteiger partial charge >= 0.3 is 5.97 Å². The lowest BCUT2D eigenvalue weighted by Crippen LogP contribution is -2.50. The molecule has 0 unspecified atom stereocenters. The Labute approximate surface area is 210 Å². The Morgan fingerprint density at radius 2 is 1.69 bits per heavy atom. The monoisotopic (exact) mass is 495 g/mol. The second kappa shape index (κ2) is 10.5. The van der Waals surface area contributed by atoms with Crippen molar-refractivity contribution in [2.24, 2.45) is 11.8 Å². The molecule has 0 bridgehead atoms. The van der Waals surface area contributed by atoms with Crippen LogP contribution in [0.1, 0.15) is 38.8 Å². The van der Waals surface area contributed by atoms with Gasteiger partial charge in [0.05, 0.1) is 45.0 Å². The summed E-state index contributed by atoms with van der Waals surface area (Å²) in [6, 6.07) is 10.3. The Hall–Kier alpha value is -3.75. The summed E-state index contributed by atoms with van der Waals surface area (Å²) in [5.74, 6) is 0.151. The second-order valence-electron chi connectivity index (χ2n) is 9.07. The highest BCUT2D eigenvalue weighted by atomic mass is 16.5. The number of methoxy groups -OCH3 is 3. The second-order valence-corrected chi connectivity index (χ2v) is 9.07. The van der Waals surface area contributed by atoms with Gasteiger partial charge in [-0.05, 0) is 37.5 Å². The van der Waals surface area contributed by atoms with E-state index < -0.39 is 17.9 Å². The molecule has 0 saturated heterocycles. The summed E-state index contributed by atoms with van der Waals surface area (Å²) in [6.45, 7) is 6.51. The molecule has 9 nitrogen and oxygen atoms in total. The molecule has 1 aliphatic heterocycles. The number of carbonyl (C=O) groups is 2. The van der Waals surface area contributed by atoms with Crippen molar-refractivity contribution in [2.75, 3.05) is 39.4 Å². The zero-order chi connectivity index (χ0) is 26.0. The molecule has 1 aromatic heterocycles. The average molecular weight is 496 g/mol. The molecule has 1 aliphatic rings. The van der Waals surface area contributed by atoms with Gasteiger partial charge in [-0.2, -0.15) is 0 Å². The minimum Gasteiger partial charge on any atom is -0.496 e. The smallest absolute Gasteiger partial charge is 0.321 e. The summed E-state index contributed by atoms with van der Waals surface area (Å²) in [5, 5.41) is 0. The molecule has 0 spiro atoms. The van der Waals surface area contributed by atoms with Crippen molar-refractivity contribution in [3.05, 3.63) is 42.0 Å². The van der Waals surface area contributed by atoms with E-state index in [1.165, 1.54) is 21.3 Å². The number of hydrogen-bond donors (Lipinski definition) is 0. The Bertz CT molecular complexity index is 1270. The van der Waals surface area contributed by atoms with E-state index in [0.717, 1.165) is 17.5 Å². The third kappa shape index (κ3) is 4.34. The van der Waals surface area contributed by atoms with Gasteiger partial charge < -0.3 is 23.5 Å². The van der Waals surface area contributed by atoms with Crippen LogP contribution < -0.4 is 19.1 Å². The predicted octanol–water partition coefficient (Wildman–Crippen LogP) is 4.22. The molecule has 9 heteroatoms. The fourth-order valence-corrected chi connectivity index (χ4v) is 4.71. The highest BCUT2D eigenvalue weighted by Crippen LogP contribution is 2.47. The lowest BCUT2D eigenvalue weighted by Gasteiger charge is -2.38. The maximum absolute atomic E-state index is 14.0. The van der Waals surface area contributed by atoms with Gasteiger partial charge in [-0.15, -0.1) is 0 Å². The molecule has 3 aromatic rings. The normalized spacial score (nSPS) is 17.3. The van der Waals surface area contributed by atoms with E-state index in [0.29, 0.717) is 41.2 Å². The third-order valence-electron chi connectivity index (χ3n) is 6.47. The van der Waals surface area contributed by atoms with Crippen LogP contribution in [0.4, 0.5) is 5.95 Å². The summed E-state index contributed by atoms with van der Waals surface area (Å²) in [6.07, 6.45) is 0.759. The van der Waals surface area contributed by atoms with E-state index in [1.807, 2.05) is 28.8 Å². The Balaban J connectivity index is 2.04. The Morgan fingerprint density at radius 1 is 1.03 bits per heavy atom. The lowest BCUT2D eigenvalue weighted by molar-refractivity contribution is -0.153. The molecule has 2 atom stereocenters. The molecule has 0 saturated carbocycles. The standard InChI is InChI=1S/C27H33N3O6/c1-7-36-26(32)23-24(17-14-21(34-5)22(35-6)15-20(17)33-4)30-19-11-9-8-10-18(19)28-27(30)29(25(23)31)13-12-16(2)3/h8-11,14-16,23-24H,7,12-13H2,1-6H3/t23-,24+/m1/s1. The quantitative estimate of drug-likeness (QED) is 0.324. The minimum absolute atomic E-state index is 0.155. The molecule has 1 amide bonds. The average Bonchev–Trinajstić information content (AvgIpc) is 3.25. The molecule has 192 valence electrons. The van der Waals surface area contributed by atoms with Crippen LogP contribution in [0.15, 0.2) is 36.4 Å². The number of benzene rings is 2. The summed E-state index contributed by atoms with van der Waals surface area (Å²) in [5.41, 5.74) is 2.11. The van der Waals surface area contributed by atoms with Crippen molar-refractivity contribution in [1.29, 1.82) is 0 Å². The molecule has 4 rings (SSSR count). The van der Waals surface area contributed by atoms with Gasteiger partial charge in [-0.25, -0.2) is 4.98 Å². The number of amides is 1. The van der Waals surface area contributed by atoms with Crippen molar-refractivity contribution < 1.29 is 28.5 Å². The molecule has 2 aromatic carbocycles. The SMILES string of the molecule is CCOC(=O)[C@H]1C(=O)N(CCC(C)C)c2nc3ccccc3n2[C@H]1c1cc(OC)c(OC)cc1OC. The zero-order valence-electron chi connectivity index (χ0n) is 21.6. The van der Waals surface area contributed by atoms with Crippen molar-refractivity contribution >= 4 is 28.9 Å². The first-order chi connectivity index (χ1) is 17.4. The first-order valence-electron chi connectivity index (χ1n) is 12.1. The van der Waals surface area contributed by atoms with Crippen molar-refractivity contribution in [3.8, 4) is 17.2 Å². The first-order valence-corrected chi connectivity index (χ1v) is 12.1. The number of esters is 1. The van der Waals surface area contributed by atoms with Gasteiger partial charge in [-0.3, -0.25) is 14.5 Å². The van der Waals surface area contributed by atoms with Crippen LogP contribution in [0.2, 0.25) is 0 Å². The number of nitrogens with zero attached hydrogens (tertiary/aromatic N) is 3. The fourth-order valence-electron chi connectivity index (χ4n) is 4.71. The number of hydrogen-bond acceptors (Lipinski definition) is 7. The van der Waals surface area contributed by atoms with Crippen LogP contribution in [0.3, 0.4) is 0 Å². The highest BCUT2D eigenvalue weighted by molar-refractivity contribution is 6.08. The van der Waals surface area contributed by atoms with E-state index >= 15 is 0 Å². The first kappa shape index (κ1) is 25.3. The fraction of sp³-hybridized carbons (Fsp3) is 0.444. The number of fused-ring (bicyclic) bond motifs is 3. The predicted molar refractivity (Wildman–Crippen MR) is 136 cm³/mol. The molecule has 0 aliphatic carbocycles. The van der Waals surface area contributed by atoms with Gasteiger partial charge in [0.2, 0.25) is 11.9 Å².